The zero-order chi connectivity index (χ0) is 15.5. The Hall–Kier alpha value is -0.980. The van der Waals surface area contributed by atoms with Crippen molar-refractivity contribution in [3.05, 3.63) is 12.2 Å². The highest BCUT2D eigenvalue weighted by atomic mass is 16.5. The minimum absolute atomic E-state index is 0.340. The molecule has 0 saturated carbocycles. The fourth-order valence-electron chi connectivity index (χ4n) is 2.17. The largest absolute Gasteiger partial charge is 0.382 e. The summed E-state index contributed by atoms with van der Waals surface area (Å²) in [6.45, 7) is 9.48. The van der Waals surface area contributed by atoms with Gasteiger partial charge in [-0.1, -0.05) is 6.92 Å². The average molecular weight is 298 g/mol. The smallest absolute Gasteiger partial charge is 0.138 e. The molecule has 1 aromatic rings. The summed E-state index contributed by atoms with van der Waals surface area (Å²) in [6.07, 6.45) is 4.61. The van der Waals surface area contributed by atoms with Crippen LogP contribution in [0, 0.1) is 0 Å². The monoisotopic (exact) mass is 298 g/mol. The lowest BCUT2D eigenvalue weighted by atomic mass is 10.1. The van der Waals surface area contributed by atoms with Crippen molar-refractivity contribution >= 4 is 0 Å². The molecule has 21 heavy (non-hydrogen) atoms. The fourth-order valence-corrected chi connectivity index (χ4v) is 2.17. The Morgan fingerprint density at radius 3 is 2.76 bits per heavy atom. The van der Waals surface area contributed by atoms with Crippen LogP contribution in [0.25, 0.3) is 0 Å². The van der Waals surface area contributed by atoms with Crippen LogP contribution in [-0.2, 0) is 15.9 Å². The first kappa shape index (κ1) is 18.1. The van der Waals surface area contributed by atoms with Gasteiger partial charge in [0.1, 0.15) is 12.2 Å². The predicted molar refractivity (Wildman–Crippen MR) is 83.5 cm³/mol. The maximum absolute atomic E-state index is 5.57. The lowest BCUT2D eigenvalue weighted by Crippen LogP contribution is -2.34. The van der Waals surface area contributed by atoms with Crippen LogP contribution in [0.3, 0.4) is 0 Å². The maximum atomic E-state index is 5.57. The van der Waals surface area contributed by atoms with Crippen molar-refractivity contribution < 1.29 is 9.47 Å². The van der Waals surface area contributed by atoms with E-state index in [0.29, 0.717) is 25.3 Å². The third-order valence-electron chi connectivity index (χ3n) is 3.29. The predicted octanol–water partition coefficient (Wildman–Crippen LogP) is 1.82. The SMILES string of the molecule is CCCNC(CCOCCOC)Cc1ncnn1C(C)C. The molecule has 0 bridgehead atoms. The van der Waals surface area contributed by atoms with Gasteiger partial charge in [-0.2, -0.15) is 5.10 Å². The van der Waals surface area contributed by atoms with Crippen LogP contribution in [0.15, 0.2) is 6.33 Å². The Balaban J connectivity index is 2.46. The first-order chi connectivity index (χ1) is 10.2. The first-order valence-electron chi connectivity index (χ1n) is 7.87. The molecule has 0 saturated heterocycles. The van der Waals surface area contributed by atoms with Crippen LogP contribution >= 0.6 is 0 Å². The summed E-state index contributed by atoms with van der Waals surface area (Å²) in [5.74, 6) is 1.04. The van der Waals surface area contributed by atoms with Gasteiger partial charge in [0.15, 0.2) is 0 Å². The summed E-state index contributed by atoms with van der Waals surface area (Å²) < 4.78 is 12.5. The summed E-state index contributed by atoms with van der Waals surface area (Å²) in [5, 5.41) is 7.87. The molecule has 6 nitrogen and oxygen atoms in total. The van der Waals surface area contributed by atoms with E-state index >= 15 is 0 Å². The van der Waals surface area contributed by atoms with Crippen molar-refractivity contribution in [2.75, 3.05) is 33.5 Å². The van der Waals surface area contributed by atoms with Gasteiger partial charge >= 0.3 is 0 Å². The van der Waals surface area contributed by atoms with Gasteiger partial charge in [-0.15, -0.1) is 0 Å². The fraction of sp³-hybridized carbons (Fsp3) is 0.867. The van der Waals surface area contributed by atoms with Crippen molar-refractivity contribution in [2.45, 2.75) is 52.1 Å². The van der Waals surface area contributed by atoms with E-state index in [2.05, 4.69) is 36.2 Å². The third-order valence-corrected chi connectivity index (χ3v) is 3.29. The van der Waals surface area contributed by atoms with Crippen LogP contribution in [0.2, 0.25) is 0 Å². The van der Waals surface area contributed by atoms with Crippen molar-refractivity contribution in [3.63, 3.8) is 0 Å². The molecule has 0 aliphatic heterocycles. The zero-order valence-corrected chi connectivity index (χ0v) is 13.8. The topological polar surface area (TPSA) is 61.2 Å². The second-order valence-corrected chi connectivity index (χ2v) is 5.46. The molecule has 1 aromatic heterocycles. The van der Waals surface area contributed by atoms with Gasteiger partial charge in [0, 0.05) is 32.2 Å². The van der Waals surface area contributed by atoms with Gasteiger partial charge in [-0.3, -0.25) is 0 Å². The van der Waals surface area contributed by atoms with E-state index in [-0.39, 0.29) is 0 Å². The molecule has 6 heteroatoms. The Morgan fingerprint density at radius 2 is 2.10 bits per heavy atom. The van der Waals surface area contributed by atoms with Gasteiger partial charge < -0.3 is 14.8 Å². The second-order valence-electron chi connectivity index (χ2n) is 5.46. The number of ether oxygens (including phenoxy) is 2. The zero-order valence-electron chi connectivity index (χ0n) is 13.8. The number of nitrogens with one attached hydrogen (secondary N) is 1. The van der Waals surface area contributed by atoms with E-state index in [0.717, 1.165) is 38.2 Å². The number of methoxy groups -OCH3 is 1. The van der Waals surface area contributed by atoms with Gasteiger partial charge in [-0.25, -0.2) is 9.67 Å². The Morgan fingerprint density at radius 1 is 1.29 bits per heavy atom. The number of nitrogens with zero attached hydrogens (tertiary/aromatic N) is 3. The van der Waals surface area contributed by atoms with E-state index in [1.54, 1.807) is 13.4 Å². The third kappa shape index (κ3) is 7.02. The lowest BCUT2D eigenvalue weighted by Gasteiger charge is -2.19. The van der Waals surface area contributed by atoms with Crippen LogP contribution in [-0.4, -0.2) is 54.3 Å². The minimum Gasteiger partial charge on any atom is -0.382 e. The molecule has 0 radical (unpaired) electrons. The van der Waals surface area contributed by atoms with Gasteiger partial charge in [0.05, 0.1) is 13.2 Å². The van der Waals surface area contributed by atoms with Crippen LogP contribution < -0.4 is 5.32 Å². The lowest BCUT2D eigenvalue weighted by molar-refractivity contribution is 0.0657. The highest BCUT2D eigenvalue weighted by Gasteiger charge is 2.14. The maximum Gasteiger partial charge on any atom is 0.138 e. The number of rotatable bonds is 12. The Bertz CT molecular complexity index is 368. The molecule has 1 heterocycles. The Kier molecular flexibility index (Phi) is 9.21. The van der Waals surface area contributed by atoms with Gasteiger partial charge in [-0.05, 0) is 33.2 Å². The summed E-state index contributed by atoms with van der Waals surface area (Å²) in [5.41, 5.74) is 0. The highest BCUT2D eigenvalue weighted by molar-refractivity contribution is 4.91. The van der Waals surface area contributed by atoms with E-state index in [1.165, 1.54) is 0 Å². The second kappa shape index (κ2) is 10.7. The van der Waals surface area contributed by atoms with Crippen LogP contribution in [0.4, 0.5) is 0 Å². The summed E-state index contributed by atoms with van der Waals surface area (Å²) in [7, 11) is 1.69. The van der Waals surface area contributed by atoms with Crippen molar-refractivity contribution in [2.24, 2.45) is 0 Å². The molecule has 0 aromatic carbocycles. The summed E-state index contributed by atoms with van der Waals surface area (Å²) >= 11 is 0. The van der Waals surface area contributed by atoms with Crippen LogP contribution in [0.5, 0.6) is 0 Å². The molecule has 0 amide bonds. The highest BCUT2D eigenvalue weighted by Crippen LogP contribution is 2.09. The van der Waals surface area contributed by atoms with E-state index < -0.39 is 0 Å². The normalized spacial score (nSPS) is 13.0. The molecule has 1 N–H and O–H groups in total. The minimum atomic E-state index is 0.340. The van der Waals surface area contributed by atoms with Crippen molar-refractivity contribution in [1.29, 1.82) is 0 Å². The molecule has 1 rings (SSSR count). The number of hydrogen-bond acceptors (Lipinski definition) is 5. The molecule has 0 aliphatic rings. The molecule has 0 fully saturated rings. The molecule has 0 spiro atoms. The molecule has 0 aliphatic carbocycles. The number of hydrogen-bond donors (Lipinski definition) is 1. The first-order valence-corrected chi connectivity index (χ1v) is 7.87. The van der Waals surface area contributed by atoms with Crippen molar-refractivity contribution in [3.8, 4) is 0 Å². The quantitative estimate of drug-likeness (QED) is 0.596. The molecule has 1 unspecified atom stereocenters. The molecular formula is C15H30N4O2. The summed E-state index contributed by atoms with van der Waals surface area (Å²) in [4.78, 5) is 4.39. The van der Waals surface area contributed by atoms with E-state index in [1.807, 2.05) is 4.68 Å². The van der Waals surface area contributed by atoms with E-state index in [4.69, 9.17) is 9.47 Å². The van der Waals surface area contributed by atoms with Gasteiger partial charge in [0.25, 0.3) is 0 Å². The molecule has 122 valence electrons. The average Bonchev–Trinajstić information content (AvgIpc) is 2.92. The van der Waals surface area contributed by atoms with E-state index in [9.17, 15) is 0 Å². The molecular weight excluding hydrogens is 268 g/mol. The van der Waals surface area contributed by atoms with Gasteiger partial charge in [0.2, 0.25) is 0 Å². The number of aromatic nitrogens is 3. The molecule has 1 atom stereocenters. The van der Waals surface area contributed by atoms with Crippen molar-refractivity contribution in [1.82, 2.24) is 20.1 Å². The summed E-state index contributed by atoms with van der Waals surface area (Å²) in [6, 6.07) is 0.710. The Labute approximate surface area is 128 Å². The van der Waals surface area contributed by atoms with Crippen LogP contribution in [0.1, 0.15) is 45.5 Å². The standard InChI is InChI=1S/C15H30N4O2/c1-5-7-16-14(6-8-21-10-9-20-4)11-15-17-12-18-19(15)13(2)3/h12-14,16H,5-11H2,1-4H3.